The zero-order chi connectivity index (χ0) is 28.9. The van der Waals surface area contributed by atoms with Gasteiger partial charge in [0.1, 0.15) is 5.75 Å². The highest BCUT2D eigenvalue weighted by atomic mass is 16.3. The van der Waals surface area contributed by atoms with E-state index in [1.165, 1.54) is 90.1 Å². The summed E-state index contributed by atoms with van der Waals surface area (Å²) in [4.78, 5) is 4.80. The van der Waals surface area contributed by atoms with Crippen LogP contribution in [0.15, 0.2) is 97.2 Å². The lowest BCUT2D eigenvalue weighted by Crippen LogP contribution is -2.25. The maximum atomic E-state index is 10.7. The van der Waals surface area contributed by atoms with Crippen LogP contribution in [0.2, 0.25) is 0 Å². The molecule has 1 aromatic heterocycles. The number of hydrogen-bond donors (Lipinski definition) is 1. The molecule has 0 amide bonds. The number of phenolic OH excluding ortho intramolecular Hbond substituents is 1. The average molecular weight is 554 g/mol. The molecule has 0 atom stereocenters. The topological polar surface area (TPSA) is 33.1 Å². The molecule has 0 saturated heterocycles. The van der Waals surface area contributed by atoms with Gasteiger partial charge in [-0.15, -0.1) is 0 Å². The molecule has 4 aromatic carbocycles. The van der Waals surface area contributed by atoms with Crippen molar-refractivity contribution in [2.75, 3.05) is 0 Å². The highest BCUT2D eigenvalue weighted by Gasteiger charge is 2.42. The molecule has 5 aromatic rings. The second kappa shape index (κ2) is 12.5. The molecule has 6 rings (SSSR count). The largest absolute Gasteiger partial charge is 0.507 e. The molecule has 0 saturated carbocycles. The van der Waals surface area contributed by atoms with Crippen molar-refractivity contribution in [2.24, 2.45) is 0 Å². The molecule has 1 N–H and O–H groups in total. The Labute approximate surface area is 251 Å². The molecule has 0 bridgehead atoms. The quantitative estimate of drug-likeness (QED) is 0.156. The van der Waals surface area contributed by atoms with Gasteiger partial charge in [-0.3, -0.25) is 4.98 Å². The monoisotopic (exact) mass is 553 g/mol. The van der Waals surface area contributed by atoms with Crippen LogP contribution in [-0.2, 0) is 5.41 Å². The minimum Gasteiger partial charge on any atom is -0.507 e. The smallest absolute Gasteiger partial charge is 0.123 e. The summed E-state index contributed by atoms with van der Waals surface area (Å²) in [5.41, 5.74) is 11.1. The van der Waals surface area contributed by atoms with E-state index in [0.29, 0.717) is 5.75 Å². The summed E-state index contributed by atoms with van der Waals surface area (Å²) in [5, 5.41) is 11.9. The third-order valence-corrected chi connectivity index (χ3v) is 9.41. The van der Waals surface area contributed by atoms with E-state index in [9.17, 15) is 5.11 Å². The number of hydrogen-bond acceptors (Lipinski definition) is 2. The molecular formula is C40H43NO. The van der Waals surface area contributed by atoms with Gasteiger partial charge in [-0.1, -0.05) is 126 Å². The van der Waals surface area contributed by atoms with Crippen LogP contribution in [-0.4, -0.2) is 10.1 Å². The molecule has 0 aliphatic heterocycles. The number of phenols is 1. The van der Waals surface area contributed by atoms with Gasteiger partial charge in [0.05, 0.1) is 5.52 Å². The molecule has 0 radical (unpaired) electrons. The van der Waals surface area contributed by atoms with E-state index in [1.54, 1.807) is 6.07 Å². The van der Waals surface area contributed by atoms with Crippen LogP contribution >= 0.6 is 0 Å². The van der Waals surface area contributed by atoms with Crippen molar-refractivity contribution in [3.63, 3.8) is 0 Å². The van der Waals surface area contributed by atoms with Crippen molar-refractivity contribution in [3.05, 3.63) is 108 Å². The molecule has 1 aliphatic carbocycles. The van der Waals surface area contributed by atoms with Gasteiger partial charge in [-0.25, -0.2) is 0 Å². The number of aromatic nitrogens is 1. The molecule has 1 aliphatic rings. The zero-order valence-corrected chi connectivity index (χ0v) is 25.2. The van der Waals surface area contributed by atoms with Crippen molar-refractivity contribution >= 4 is 10.9 Å². The minimum atomic E-state index is -0.0349. The second-order valence-corrected chi connectivity index (χ2v) is 12.2. The zero-order valence-electron chi connectivity index (χ0n) is 25.2. The first-order valence-corrected chi connectivity index (χ1v) is 16.1. The van der Waals surface area contributed by atoms with Gasteiger partial charge in [0.25, 0.3) is 0 Å². The first-order valence-electron chi connectivity index (χ1n) is 16.1. The van der Waals surface area contributed by atoms with Gasteiger partial charge < -0.3 is 5.11 Å². The van der Waals surface area contributed by atoms with Crippen LogP contribution in [0.5, 0.6) is 5.75 Å². The predicted molar refractivity (Wildman–Crippen MR) is 178 cm³/mol. The molecule has 2 heteroatoms. The molecule has 2 nitrogen and oxygen atoms in total. The second-order valence-electron chi connectivity index (χ2n) is 12.2. The van der Waals surface area contributed by atoms with Crippen LogP contribution in [0.3, 0.4) is 0 Å². The Morgan fingerprint density at radius 1 is 0.571 bits per heavy atom. The summed E-state index contributed by atoms with van der Waals surface area (Å²) in [5.74, 6) is 0.343. The maximum absolute atomic E-state index is 10.7. The lowest BCUT2D eigenvalue weighted by Gasteiger charge is -2.33. The summed E-state index contributed by atoms with van der Waals surface area (Å²) in [6.45, 7) is 4.59. The first kappa shape index (κ1) is 28.2. The van der Waals surface area contributed by atoms with Crippen LogP contribution in [0.1, 0.15) is 89.2 Å². The highest BCUT2D eigenvalue weighted by Crippen LogP contribution is 2.56. The van der Waals surface area contributed by atoms with Crippen molar-refractivity contribution in [2.45, 2.75) is 83.5 Å². The van der Waals surface area contributed by atoms with Gasteiger partial charge in [0.2, 0.25) is 0 Å². The number of fused-ring (bicyclic) bond motifs is 4. The Bertz CT molecular complexity index is 1670. The van der Waals surface area contributed by atoms with Crippen molar-refractivity contribution in [1.29, 1.82) is 0 Å². The molecule has 1 heterocycles. The van der Waals surface area contributed by atoms with Crippen LogP contribution in [0.4, 0.5) is 0 Å². The number of aromatic hydroxyl groups is 1. The fourth-order valence-corrected chi connectivity index (χ4v) is 7.16. The predicted octanol–water partition coefficient (Wildman–Crippen LogP) is 11.5. The number of rotatable bonds is 12. The fourth-order valence-electron chi connectivity index (χ4n) is 7.16. The Morgan fingerprint density at radius 2 is 1.19 bits per heavy atom. The first-order chi connectivity index (χ1) is 20.6. The lowest BCUT2D eigenvalue weighted by atomic mass is 9.70. The average Bonchev–Trinajstić information content (AvgIpc) is 3.30. The maximum Gasteiger partial charge on any atom is 0.123 e. The Balaban J connectivity index is 1.50. The third-order valence-electron chi connectivity index (χ3n) is 9.41. The highest BCUT2D eigenvalue weighted by molar-refractivity contribution is 5.88. The van der Waals surface area contributed by atoms with Crippen molar-refractivity contribution < 1.29 is 5.11 Å². The number of benzene rings is 4. The molecular weight excluding hydrogens is 510 g/mol. The summed E-state index contributed by atoms with van der Waals surface area (Å²) >= 11 is 0. The fraction of sp³-hybridized carbons (Fsp3) is 0.325. The molecule has 214 valence electrons. The lowest BCUT2D eigenvalue weighted by molar-refractivity contribution is 0.401. The van der Waals surface area contributed by atoms with E-state index >= 15 is 0 Å². The number of unbranched alkanes of at least 4 members (excludes halogenated alkanes) is 6. The summed E-state index contributed by atoms with van der Waals surface area (Å²) in [6, 6.07) is 32.5. The van der Waals surface area contributed by atoms with Gasteiger partial charge in [-0.05, 0) is 76.6 Å². The third kappa shape index (κ3) is 5.36. The van der Waals surface area contributed by atoms with E-state index < -0.39 is 0 Å². The van der Waals surface area contributed by atoms with Gasteiger partial charge in [-0.2, -0.15) is 0 Å². The number of para-hydroxylation sites is 2. The van der Waals surface area contributed by atoms with Crippen LogP contribution in [0.25, 0.3) is 44.3 Å². The van der Waals surface area contributed by atoms with Crippen molar-refractivity contribution in [1.82, 2.24) is 4.98 Å². The summed E-state index contributed by atoms with van der Waals surface area (Å²) in [7, 11) is 0. The number of nitrogens with zero attached hydrogens (tertiary/aromatic N) is 1. The van der Waals surface area contributed by atoms with Crippen LogP contribution in [0, 0.1) is 0 Å². The SMILES string of the molecule is CCCCCCC1(CCCCCC)c2cc(-c3cnc4ccccc4c3)ccc2-c2ccc(-c3ccccc3O)cc21. The van der Waals surface area contributed by atoms with E-state index in [2.05, 4.69) is 80.6 Å². The van der Waals surface area contributed by atoms with E-state index in [4.69, 9.17) is 4.98 Å². The van der Waals surface area contributed by atoms with Gasteiger partial charge in [0.15, 0.2) is 0 Å². The van der Waals surface area contributed by atoms with Crippen LogP contribution < -0.4 is 0 Å². The summed E-state index contributed by atoms with van der Waals surface area (Å²) < 4.78 is 0. The molecule has 0 spiro atoms. The summed E-state index contributed by atoms with van der Waals surface area (Å²) in [6.07, 6.45) is 14.4. The molecule has 0 unspecified atom stereocenters. The standard InChI is InChI=1S/C40H43NO/c1-3-5-7-13-23-40(24-14-8-6-4-2)36-26-29(32-25-31-15-9-11-17-38(31)41-28-32)19-21-34(36)35-22-20-30(27-37(35)40)33-16-10-12-18-39(33)42/h9-12,15-22,25-28,42H,3-8,13-14,23-24H2,1-2H3. The Morgan fingerprint density at radius 3 is 1.88 bits per heavy atom. The van der Waals surface area contributed by atoms with E-state index in [1.807, 2.05) is 24.4 Å². The molecule has 42 heavy (non-hydrogen) atoms. The van der Waals surface area contributed by atoms with E-state index in [0.717, 1.165) is 29.5 Å². The normalized spacial score (nSPS) is 13.3. The van der Waals surface area contributed by atoms with Gasteiger partial charge >= 0.3 is 0 Å². The van der Waals surface area contributed by atoms with Gasteiger partial charge in [0, 0.05) is 28.1 Å². The minimum absolute atomic E-state index is 0.0349. The Kier molecular flexibility index (Phi) is 8.42. The Hall–Kier alpha value is -3.91. The van der Waals surface area contributed by atoms with E-state index in [-0.39, 0.29) is 5.41 Å². The molecule has 0 fully saturated rings. The van der Waals surface area contributed by atoms with Crippen molar-refractivity contribution in [3.8, 4) is 39.1 Å². The number of pyridine rings is 1.